The van der Waals surface area contributed by atoms with E-state index in [1.165, 1.54) is 29.5 Å². The predicted octanol–water partition coefficient (Wildman–Crippen LogP) is 6.06. The second-order valence-corrected chi connectivity index (χ2v) is 7.74. The van der Waals surface area contributed by atoms with Crippen molar-refractivity contribution in [2.45, 2.75) is 0 Å². The molecular weight excluding hydrogens is 444 g/mol. The Bertz CT molecular complexity index is 1140. The van der Waals surface area contributed by atoms with E-state index >= 15 is 0 Å². The van der Waals surface area contributed by atoms with E-state index in [-0.39, 0.29) is 16.4 Å². The Labute approximate surface area is 187 Å². The van der Waals surface area contributed by atoms with Crippen LogP contribution in [0.15, 0.2) is 78.6 Å². The molecule has 0 unspecified atom stereocenters. The highest BCUT2D eigenvalue weighted by Crippen LogP contribution is 2.31. The van der Waals surface area contributed by atoms with Crippen molar-refractivity contribution in [1.82, 2.24) is 10.3 Å². The lowest BCUT2D eigenvalue weighted by Crippen LogP contribution is -2.28. The minimum absolute atomic E-state index is 0.00544. The topological polar surface area (TPSA) is 68.0 Å². The molecule has 0 fully saturated rings. The van der Waals surface area contributed by atoms with Crippen molar-refractivity contribution in [1.29, 1.82) is 0 Å². The number of hydrogen-bond acceptors (Lipinski definition) is 4. The second-order valence-electron chi connectivity index (χ2n) is 6.03. The Morgan fingerprint density at radius 1 is 1.20 bits per heavy atom. The zero-order chi connectivity index (χ0) is 21.7. The number of amides is 1. The van der Waals surface area contributed by atoms with E-state index in [0.717, 1.165) is 22.2 Å². The second kappa shape index (κ2) is 9.71. The van der Waals surface area contributed by atoms with Gasteiger partial charge in [-0.1, -0.05) is 54.1 Å². The van der Waals surface area contributed by atoms with Gasteiger partial charge in [0.15, 0.2) is 0 Å². The first kappa shape index (κ1) is 21.8. The van der Waals surface area contributed by atoms with Gasteiger partial charge in [-0.3, -0.25) is 4.79 Å². The summed E-state index contributed by atoms with van der Waals surface area (Å²) < 4.78 is 13.9. The predicted molar refractivity (Wildman–Crippen MR) is 122 cm³/mol. The van der Waals surface area contributed by atoms with E-state index in [2.05, 4.69) is 16.9 Å². The van der Waals surface area contributed by atoms with Crippen LogP contribution in [-0.2, 0) is 0 Å². The number of nitrogens with one attached hydrogen (secondary N) is 1. The van der Waals surface area contributed by atoms with Gasteiger partial charge in [-0.05, 0) is 35.9 Å². The van der Waals surface area contributed by atoms with Crippen LogP contribution < -0.4 is 11.1 Å². The van der Waals surface area contributed by atoms with Gasteiger partial charge in [0.2, 0.25) is 0 Å². The molecule has 152 valence electrons. The number of rotatable bonds is 6. The molecule has 0 aliphatic heterocycles. The Kier molecular flexibility index (Phi) is 7.05. The molecule has 1 aromatic heterocycles. The first-order chi connectivity index (χ1) is 14.4. The average molecular weight is 460 g/mol. The summed E-state index contributed by atoms with van der Waals surface area (Å²) in [7, 11) is 0. The fourth-order valence-corrected chi connectivity index (χ4v) is 3.75. The summed E-state index contributed by atoms with van der Waals surface area (Å²) in [6.45, 7) is 3.82. The van der Waals surface area contributed by atoms with Gasteiger partial charge < -0.3 is 11.1 Å². The quantitative estimate of drug-likeness (QED) is 0.440. The number of nitrogens with zero attached hydrogens (tertiary/aromatic N) is 1. The maximum atomic E-state index is 13.9. The smallest absolute Gasteiger partial charge is 0.261 e. The van der Waals surface area contributed by atoms with Crippen LogP contribution in [0.3, 0.4) is 0 Å². The number of hydrogen-bond donors (Lipinski definition) is 2. The summed E-state index contributed by atoms with van der Waals surface area (Å²) in [6.07, 6.45) is 6.47. The molecule has 0 atom stereocenters. The van der Waals surface area contributed by atoms with Crippen molar-refractivity contribution in [2.75, 3.05) is 0 Å². The number of halogens is 3. The van der Waals surface area contributed by atoms with Crippen molar-refractivity contribution in [3.8, 4) is 10.6 Å². The molecular formula is C22H16Cl2FN3OS. The van der Waals surface area contributed by atoms with E-state index in [1.807, 2.05) is 17.5 Å². The number of nitrogens with two attached hydrogens (primary N) is 1. The molecule has 3 N–H and O–H groups in total. The number of aromatic nitrogens is 1. The summed E-state index contributed by atoms with van der Waals surface area (Å²) in [5, 5.41) is 5.68. The molecule has 0 spiro atoms. The maximum Gasteiger partial charge on any atom is 0.261 e. The van der Waals surface area contributed by atoms with Gasteiger partial charge in [-0.2, -0.15) is 0 Å². The minimum atomic E-state index is -0.746. The van der Waals surface area contributed by atoms with E-state index in [4.69, 9.17) is 28.9 Å². The fraction of sp³-hybridized carbons (Fsp3) is 0. The molecule has 4 nitrogen and oxygen atoms in total. The van der Waals surface area contributed by atoms with Gasteiger partial charge in [0.1, 0.15) is 16.6 Å². The van der Waals surface area contributed by atoms with E-state index in [9.17, 15) is 9.18 Å². The summed E-state index contributed by atoms with van der Waals surface area (Å²) >= 11 is 13.8. The lowest BCUT2D eigenvalue weighted by molar-refractivity contribution is 0.0961. The minimum Gasteiger partial charge on any atom is -0.385 e. The summed E-state index contributed by atoms with van der Waals surface area (Å²) in [5.74, 6) is -1.48. The lowest BCUT2D eigenvalue weighted by atomic mass is 10.0. The number of carbonyl (C=O) groups is 1. The number of benzene rings is 2. The van der Waals surface area contributed by atoms with Crippen molar-refractivity contribution in [3.63, 3.8) is 0 Å². The molecule has 2 aromatic carbocycles. The Morgan fingerprint density at radius 2 is 2.00 bits per heavy atom. The molecule has 0 radical (unpaired) electrons. The molecule has 8 heteroatoms. The van der Waals surface area contributed by atoms with Crippen molar-refractivity contribution in [2.24, 2.45) is 5.73 Å². The van der Waals surface area contributed by atoms with Crippen LogP contribution in [0.5, 0.6) is 0 Å². The maximum absolute atomic E-state index is 13.9. The first-order valence-corrected chi connectivity index (χ1v) is 10.3. The molecule has 0 aliphatic rings. The van der Waals surface area contributed by atoms with Gasteiger partial charge in [0, 0.05) is 27.7 Å². The normalized spacial score (nSPS) is 12.0. The fourth-order valence-electron chi connectivity index (χ4n) is 2.64. The van der Waals surface area contributed by atoms with Gasteiger partial charge in [0.05, 0.1) is 10.6 Å². The van der Waals surface area contributed by atoms with Crippen LogP contribution in [0.25, 0.3) is 16.1 Å². The summed E-state index contributed by atoms with van der Waals surface area (Å²) in [5.41, 5.74) is 7.93. The van der Waals surface area contributed by atoms with Crippen molar-refractivity contribution in [3.05, 3.63) is 106 Å². The Morgan fingerprint density at radius 3 is 2.67 bits per heavy atom. The average Bonchev–Trinajstić information content (AvgIpc) is 3.24. The van der Waals surface area contributed by atoms with Gasteiger partial charge >= 0.3 is 0 Å². The lowest BCUT2D eigenvalue weighted by Gasteiger charge is -2.09. The largest absolute Gasteiger partial charge is 0.385 e. The summed E-state index contributed by atoms with van der Waals surface area (Å²) in [6, 6.07) is 9.54. The van der Waals surface area contributed by atoms with Crippen LogP contribution >= 0.6 is 34.5 Å². The number of carbonyl (C=O) groups excluding carboxylic acids is 1. The van der Waals surface area contributed by atoms with Crippen molar-refractivity contribution >= 4 is 46.0 Å². The van der Waals surface area contributed by atoms with Crippen LogP contribution in [0.4, 0.5) is 4.39 Å². The molecule has 0 aliphatic carbocycles. The standard InChI is InChI=1S/C22H16Cl2FN3OS/c1-2-13(15-12-14(6-8-16(15)23)22-27-10-11-30-22)7-9-19(26)28-21(29)20-17(24)4-3-5-18(20)25/h2-12H,1,26H2,(H,28,29)/b13-7+,19-9+. The van der Waals surface area contributed by atoms with Crippen LogP contribution in [0, 0.1) is 5.82 Å². The molecule has 0 bridgehead atoms. The van der Waals surface area contributed by atoms with E-state index in [0.29, 0.717) is 10.6 Å². The molecule has 0 saturated heterocycles. The first-order valence-electron chi connectivity index (χ1n) is 8.65. The zero-order valence-electron chi connectivity index (χ0n) is 15.5. The van der Waals surface area contributed by atoms with Crippen LogP contribution in [0.2, 0.25) is 10.0 Å². The third-order valence-electron chi connectivity index (χ3n) is 4.07. The van der Waals surface area contributed by atoms with Crippen LogP contribution in [-0.4, -0.2) is 10.9 Å². The summed E-state index contributed by atoms with van der Waals surface area (Å²) in [4.78, 5) is 16.6. The van der Waals surface area contributed by atoms with Crippen molar-refractivity contribution < 1.29 is 9.18 Å². The molecule has 0 saturated carbocycles. The third kappa shape index (κ3) is 4.97. The van der Waals surface area contributed by atoms with E-state index < -0.39 is 11.7 Å². The number of allylic oxidation sites excluding steroid dienone is 4. The molecule has 30 heavy (non-hydrogen) atoms. The molecule has 1 heterocycles. The zero-order valence-corrected chi connectivity index (χ0v) is 17.9. The molecule has 1 amide bonds. The van der Waals surface area contributed by atoms with E-state index in [1.54, 1.807) is 24.4 Å². The Balaban J connectivity index is 1.86. The van der Waals surface area contributed by atoms with Crippen LogP contribution in [0.1, 0.15) is 15.9 Å². The SMILES string of the molecule is C=C/C(=C\C=C(/N)NC(=O)c1c(F)cccc1Cl)c1cc(-c2nccs2)ccc1Cl. The molecule has 3 aromatic rings. The third-order valence-corrected chi connectivity index (χ3v) is 5.53. The molecule has 3 rings (SSSR count). The van der Waals surface area contributed by atoms with Gasteiger partial charge in [0.25, 0.3) is 5.91 Å². The van der Waals surface area contributed by atoms with Gasteiger partial charge in [-0.25, -0.2) is 9.37 Å². The highest BCUT2D eigenvalue weighted by molar-refractivity contribution is 7.13. The highest BCUT2D eigenvalue weighted by atomic mass is 35.5. The Hall–Kier alpha value is -2.93. The number of thiazole rings is 1. The monoisotopic (exact) mass is 459 g/mol. The van der Waals surface area contributed by atoms with Gasteiger partial charge in [-0.15, -0.1) is 11.3 Å². The highest BCUT2D eigenvalue weighted by Gasteiger charge is 2.16.